The Morgan fingerprint density at radius 2 is 1.87 bits per heavy atom. The van der Waals surface area contributed by atoms with Gasteiger partial charge in [-0.1, -0.05) is 25.8 Å². The zero-order valence-electron chi connectivity index (χ0n) is 16.8. The quantitative estimate of drug-likeness (QED) is 0.611. The van der Waals surface area contributed by atoms with Gasteiger partial charge < -0.3 is 14.8 Å². The van der Waals surface area contributed by atoms with E-state index in [9.17, 15) is 17.6 Å². The SMILES string of the molecule is CCCCCNC(=O)CN(c1cccc(F)c1)S(=O)(=O)c1ccc2c(c1)OCCO2. The van der Waals surface area contributed by atoms with Crippen molar-refractivity contribution in [2.45, 2.75) is 31.1 Å². The lowest BCUT2D eigenvalue weighted by Gasteiger charge is -2.25. The van der Waals surface area contributed by atoms with Gasteiger partial charge in [0, 0.05) is 12.6 Å². The molecule has 0 saturated carbocycles. The second kappa shape index (κ2) is 9.80. The Labute approximate surface area is 175 Å². The summed E-state index contributed by atoms with van der Waals surface area (Å²) in [7, 11) is -4.16. The molecule has 0 aliphatic carbocycles. The third kappa shape index (κ3) is 5.21. The van der Waals surface area contributed by atoms with Gasteiger partial charge in [-0.3, -0.25) is 9.10 Å². The molecule has 30 heavy (non-hydrogen) atoms. The average molecular weight is 437 g/mol. The van der Waals surface area contributed by atoms with Crippen molar-refractivity contribution in [3.05, 3.63) is 48.3 Å². The predicted octanol–water partition coefficient (Wildman–Crippen LogP) is 3.10. The van der Waals surface area contributed by atoms with Crippen molar-refractivity contribution in [1.82, 2.24) is 5.32 Å². The zero-order chi connectivity index (χ0) is 21.6. The molecule has 1 heterocycles. The second-order valence-electron chi connectivity index (χ2n) is 6.85. The molecule has 0 fully saturated rings. The maximum Gasteiger partial charge on any atom is 0.264 e. The molecule has 0 bridgehead atoms. The highest BCUT2D eigenvalue weighted by atomic mass is 32.2. The highest BCUT2D eigenvalue weighted by Gasteiger charge is 2.29. The van der Waals surface area contributed by atoms with Crippen LogP contribution >= 0.6 is 0 Å². The Hall–Kier alpha value is -2.81. The fourth-order valence-electron chi connectivity index (χ4n) is 3.05. The summed E-state index contributed by atoms with van der Waals surface area (Å²) >= 11 is 0. The highest BCUT2D eigenvalue weighted by molar-refractivity contribution is 7.92. The van der Waals surface area contributed by atoms with Crippen molar-refractivity contribution in [2.24, 2.45) is 0 Å². The summed E-state index contributed by atoms with van der Waals surface area (Å²) in [5.41, 5.74) is 0.0635. The molecule has 1 aliphatic heterocycles. The van der Waals surface area contributed by atoms with Crippen molar-refractivity contribution < 1.29 is 27.1 Å². The largest absolute Gasteiger partial charge is 0.486 e. The van der Waals surface area contributed by atoms with E-state index in [0.717, 1.165) is 29.6 Å². The van der Waals surface area contributed by atoms with E-state index in [0.29, 0.717) is 31.3 Å². The van der Waals surface area contributed by atoms with Crippen LogP contribution < -0.4 is 19.1 Å². The first-order valence-electron chi connectivity index (χ1n) is 9.86. The Balaban J connectivity index is 1.89. The van der Waals surface area contributed by atoms with Gasteiger partial charge in [0.15, 0.2) is 11.5 Å². The summed E-state index contributed by atoms with van der Waals surface area (Å²) < 4.78 is 52.4. The monoisotopic (exact) mass is 436 g/mol. The lowest BCUT2D eigenvalue weighted by molar-refractivity contribution is -0.119. The lowest BCUT2D eigenvalue weighted by atomic mass is 10.2. The molecule has 3 rings (SSSR count). The summed E-state index contributed by atoms with van der Waals surface area (Å²) in [5, 5.41) is 2.72. The van der Waals surface area contributed by atoms with E-state index in [4.69, 9.17) is 9.47 Å². The molecule has 1 aliphatic rings. The van der Waals surface area contributed by atoms with Crippen LogP contribution in [0.2, 0.25) is 0 Å². The van der Waals surface area contributed by atoms with Crippen LogP contribution in [0.1, 0.15) is 26.2 Å². The highest BCUT2D eigenvalue weighted by Crippen LogP contribution is 2.34. The molecule has 0 aromatic heterocycles. The van der Waals surface area contributed by atoms with Crippen molar-refractivity contribution in [3.8, 4) is 11.5 Å². The van der Waals surface area contributed by atoms with Crippen LogP contribution in [0.25, 0.3) is 0 Å². The standard InChI is InChI=1S/C21H25FN2O5S/c1-2-3-4-10-23-21(25)15-24(17-7-5-6-16(22)13-17)30(26,27)18-8-9-19-20(14-18)29-12-11-28-19/h5-9,13-14H,2-4,10-12,15H2,1H3,(H,23,25). The number of halogens is 1. The number of nitrogens with zero attached hydrogens (tertiary/aromatic N) is 1. The first-order valence-corrected chi connectivity index (χ1v) is 11.3. The summed E-state index contributed by atoms with van der Waals surface area (Å²) in [6, 6.07) is 9.39. The number of hydrogen-bond donors (Lipinski definition) is 1. The predicted molar refractivity (Wildman–Crippen MR) is 111 cm³/mol. The fourth-order valence-corrected chi connectivity index (χ4v) is 4.48. The molecular formula is C21H25FN2O5S. The van der Waals surface area contributed by atoms with Crippen LogP contribution in [-0.2, 0) is 14.8 Å². The fraction of sp³-hybridized carbons (Fsp3) is 0.381. The minimum atomic E-state index is -4.16. The molecule has 1 amide bonds. The van der Waals surface area contributed by atoms with Crippen LogP contribution in [-0.4, -0.2) is 40.6 Å². The Morgan fingerprint density at radius 1 is 1.10 bits per heavy atom. The minimum Gasteiger partial charge on any atom is -0.486 e. The normalized spacial score (nSPS) is 13.0. The first kappa shape index (κ1) is 21.9. The number of hydrogen-bond acceptors (Lipinski definition) is 5. The van der Waals surface area contributed by atoms with Crippen LogP contribution in [0.4, 0.5) is 10.1 Å². The van der Waals surface area contributed by atoms with E-state index in [1.807, 2.05) is 6.92 Å². The van der Waals surface area contributed by atoms with Gasteiger partial charge in [-0.05, 0) is 36.8 Å². The smallest absolute Gasteiger partial charge is 0.264 e. The molecule has 0 atom stereocenters. The van der Waals surface area contributed by atoms with E-state index >= 15 is 0 Å². The third-order valence-corrected chi connectivity index (χ3v) is 6.36. The molecule has 2 aromatic rings. The molecular weight excluding hydrogens is 411 g/mol. The Bertz CT molecular complexity index is 997. The maximum atomic E-state index is 13.8. The summed E-state index contributed by atoms with van der Waals surface area (Å²) in [5.74, 6) is -0.300. The van der Waals surface area contributed by atoms with Crippen molar-refractivity contribution in [1.29, 1.82) is 0 Å². The number of rotatable bonds is 9. The number of amides is 1. The molecule has 2 aromatic carbocycles. The van der Waals surface area contributed by atoms with E-state index < -0.39 is 28.3 Å². The maximum absolute atomic E-state index is 13.8. The van der Waals surface area contributed by atoms with Crippen molar-refractivity contribution in [2.75, 3.05) is 30.6 Å². The number of carbonyl (C=O) groups excluding carboxylic acids is 1. The van der Waals surface area contributed by atoms with Gasteiger partial charge in [0.05, 0.1) is 10.6 Å². The number of anilines is 1. The number of carbonyl (C=O) groups is 1. The second-order valence-corrected chi connectivity index (χ2v) is 8.72. The van der Waals surface area contributed by atoms with Gasteiger partial charge in [-0.25, -0.2) is 12.8 Å². The molecule has 9 heteroatoms. The molecule has 7 nitrogen and oxygen atoms in total. The number of nitrogens with one attached hydrogen (secondary N) is 1. The number of benzene rings is 2. The van der Waals surface area contributed by atoms with Gasteiger partial charge in [0.1, 0.15) is 25.6 Å². The van der Waals surface area contributed by atoms with E-state index in [1.54, 1.807) is 0 Å². The average Bonchev–Trinajstić information content (AvgIpc) is 2.74. The van der Waals surface area contributed by atoms with Crippen LogP contribution in [0, 0.1) is 5.82 Å². The van der Waals surface area contributed by atoms with Gasteiger partial charge in [0.2, 0.25) is 5.91 Å². The topological polar surface area (TPSA) is 84.9 Å². The number of unbranched alkanes of at least 4 members (excludes halogenated alkanes) is 2. The number of sulfonamides is 1. The van der Waals surface area contributed by atoms with Gasteiger partial charge >= 0.3 is 0 Å². The van der Waals surface area contributed by atoms with Gasteiger partial charge in [0.25, 0.3) is 10.0 Å². The summed E-state index contributed by atoms with van der Waals surface area (Å²) in [4.78, 5) is 12.4. The van der Waals surface area contributed by atoms with E-state index in [2.05, 4.69) is 5.32 Å². The Morgan fingerprint density at radius 3 is 2.60 bits per heavy atom. The third-order valence-electron chi connectivity index (χ3n) is 4.59. The van der Waals surface area contributed by atoms with Crippen LogP contribution in [0.3, 0.4) is 0 Å². The Kier molecular flexibility index (Phi) is 7.15. The van der Waals surface area contributed by atoms with Crippen molar-refractivity contribution >= 4 is 21.6 Å². The molecule has 0 spiro atoms. The molecule has 0 radical (unpaired) electrons. The van der Waals surface area contributed by atoms with Crippen molar-refractivity contribution in [3.63, 3.8) is 0 Å². The first-order chi connectivity index (χ1) is 14.4. The minimum absolute atomic E-state index is 0.0635. The van der Waals surface area contributed by atoms with Gasteiger partial charge in [-0.2, -0.15) is 0 Å². The number of fused-ring (bicyclic) bond motifs is 1. The molecule has 1 N–H and O–H groups in total. The van der Waals surface area contributed by atoms with Crippen LogP contribution in [0.15, 0.2) is 47.4 Å². The van der Waals surface area contributed by atoms with E-state index in [-0.39, 0.29) is 10.6 Å². The summed E-state index contributed by atoms with van der Waals surface area (Å²) in [6.45, 7) is 2.73. The lowest BCUT2D eigenvalue weighted by Crippen LogP contribution is -2.41. The van der Waals surface area contributed by atoms with Gasteiger partial charge in [-0.15, -0.1) is 0 Å². The number of ether oxygens (including phenoxy) is 2. The van der Waals surface area contributed by atoms with Crippen LogP contribution in [0.5, 0.6) is 11.5 Å². The molecule has 162 valence electrons. The molecule has 0 unspecified atom stereocenters. The summed E-state index contributed by atoms with van der Waals surface area (Å²) in [6.07, 6.45) is 2.77. The molecule has 0 saturated heterocycles. The van der Waals surface area contributed by atoms with E-state index in [1.165, 1.54) is 36.4 Å². The zero-order valence-corrected chi connectivity index (χ0v) is 17.6.